The molecule has 0 saturated heterocycles. The van der Waals surface area contributed by atoms with E-state index in [-0.39, 0.29) is 0 Å². The van der Waals surface area contributed by atoms with E-state index in [4.69, 9.17) is 10.1 Å². The van der Waals surface area contributed by atoms with E-state index in [0.29, 0.717) is 0 Å². The van der Waals surface area contributed by atoms with Crippen molar-refractivity contribution in [3.05, 3.63) is 491 Å². The minimum absolute atomic E-state index is 0.837. The van der Waals surface area contributed by atoms with Crippen LogP contribution in [0.5, 0.6) is 0 Å². The third-order valence-electron chi connectivity index (χ3n) is 22.3. The van der Waals surface area contributed by atoms with Crippen LogP contribution in [0.15, 0.2) is 491 Å². The van der Waals surface area contributed by atoms with Crippen LogP contribution in [0.2, 0.25) is 0 Å². The second-order valence-corrected chi connectivity index (χ2v) is 43.0. The van der Waals surface area contributed by atoms with Crippen LogP contribution in [0, 0.1) is 0 Å². The topological polar surface area (TPSA) is 44.8 Å². The predicted molar refractivity (Wildman–Crippen MR) is 485 cm³/mol. The van der Waals surface area contributed by atoms with E-state index in [9.17, 15) is 0 Å². The Morgan fingerprint density at radius 2 is 0.207 bits per heavy atom. The maximum absolute atomic E-state index is 20.5. The van der Waals surface area contributed by atoms with Crippen molar-refractivity contribution in [2.24, 2.45) is 0 Å². The Kier molecular flexibility index (Phi) is 21.5. The first-order valence-corrected chi connectivity index (χ1v) is 47.4. The van der Waals surface area contributed by atoms with Crippen molar-refractivity contribution in [2.45, 2.75) is 0 Å². The van der Waals surface area contributed by atoms with Gasteiger partial charge in [-0.3, -0.25) is 0 Å². The van der Waals surface area contributed by atoms with Crippen LogP contribution in [-0.2, 0) is 28.8 Å². The Labute approximate surface area is 686 Å². The molecule has 8 heteroatoms. The second-order valence-electron chi connectivity index (χ2n) is 29.3. The first-order chi connectivity index (χ1) is 57.3. The summed E-state index contributed by atoms with van der Waals surface area (Å²) in [4.78, 5) is 0. The van der Waals surface area contributed by atoms with Crippen molar-refractivity contribution in [3.63, 3.8) is 0 Å². The molecule has 4 nitrogen and oxygen atoms in total. The predicted octanol–water partition coefficient (Wildman–Crippen LogP) is 21.3. The van der Waals surface area contributed by atoms with Crippen molar-refractivity contribution in [1.82, 2.24) is 0 Å². The van der Waals surface area contributed by atoms with Crippen molar-refractivity contribution in [1.29, 1.82) is 0 Å². The minimum atomic E-state index is -6.71. The van der Waals surface area contributed by atoms with Crippen molar-refractivity contribution >= 4 is 71.6 Å². The van der Waals surface area contributed by atoms with Crippen LogP contribution >= 0.6 is 0 Å². The number of benzene rings is 18. The molecule has 0 saturated carbocycles. The molecule has 0 aliphatic heterocycles. The molecule has 0 N–H and O–H groups in total. The average molecular weight is 1580 g/mol. The summed E-state index contributed by atoms with van der Waals surface area (Å²) in [6, 6.07) is 174. The first kappa shape index (κ1) is 74.3. The van der Waals surface area contributed by atoms with Gasteiger partial charge in [0.05, 0.1) is 0 Å². The molecule has 0 aliphatic carbocycles. The quantitative estimate of drug-likeness (QED) is 0.0447. The van der Waals surface area contributed by atoms with Gasteiger partial charge in [-0.1, -0.05) is 0 Å². The third kappa shape index (κ3) is 15.2. The molecule has 554 valence electrons. The Bertz CT molecular complexity index is 5080. The fraction of sp³-hybridized carbons (Fsp3) is 0. The molecule has 0 unspecified atom stereocenters. The Hall–Kier alpha value is -13.1. The van der Waals surface area contributed by atoms with Crippen LogP contribution in [0.4, 0.5) is 0 Å². The molecular weight excluding hydrogens is 1500 g/mol. The summed E-state index contributed by atoms with van der Waals surface area (Å²) in [5, 5.41) is 7.53. The zero-order valence-corrected chi connectivity index (χ0v) is 68.2. The molecule has 0 fully saturated rings. The average Bonchev–Trinajstić information content (AvgIpc) is 0.710. The molecule has 0 aliphatic rings. The summed E-state index contributed by atoms with van der Waals surface area (Å²) >= 11 is -6.71. The fourth-order valence-electron chi connectivity index (χ4n) is 16.3. The molecule has 116 heavy (non-hydrogen) atoms. The van der Waals surface area contributed by atoms with E-state index < -0.39 is 40.0 Å². The number of hydrogen-bond donors (Lipinski definition) is 0. The molecule has 0 aromatic heterocycles. The Morgan fingerprint density at radius 3 is 0.302 bits per heavy atom. The Morgan fingerprint density at radius 1 is 0.121 bits per heavy atom. The molecule has 0 heterocycles. The molecule has 0 amide bonds. The van der Waals surface area contributed by atoms with Gasteiger partial charge in [-0.15, -0.1) is 0 Å². The maximum atomic E-state index is 20.5. The zero-order valence-electron chi connectivity index (χ0n) is 63.8. The standard InChI is InChI=1S/3C36H27OSi.O.V/c3*37-38(34-22-16-31(17-23-34)28-10-4-1-5-11-28,35-24-18-32(19-25-35)29-12-6-2-7-13-29)36-26-20-33(21-27-36)30-14-8-3-9-15-30;;/h3*1-27H;;/q3*-1;;+3. The first-order valence-electron chi connectivity index (χ1n) is 39.4. The van der Waals surface area contributed by atoms with Gasteiger partial charge < -0.3 is 0 Å². The van der Waals surface area contributed by atoms with Crippen LogP contribution < -0.4 is 46.7 Å². The molecule has 0 spiro atoms. The summed E-state index contributed by atoms with van der Waals surface area (Å²) in [7, 11) is -13.5. The summed E-state index contributed by atoms with van der Waals surface area (Å²) in [5.41, 5.74) is 18.7. The zero-order chi connectivity index (χ0) is 78.0. The second kappa shape index (κ2) is 33.5. The summed E-state index contributed by atoms with van der Waals surface area (Å²) in [5.74, 6) is 0. The van der Waals surface area contributed by atoms with Crippen molar-refractivity contribution in [3.8, 4) is 100 Å². The molecule has 18 rings (SSSR count). The SMILES string of the molecule is [O]=[V]([O][Si](c1ccc(-c2ccccc2)cc1)(c1ccc(-c2ccccc2)cc1)c1ccc(-c2ccccc2)cc1)([O][Si](c1ccc(-c2ccccc2)cc1)(c1ccc(-c2ccccc2)cc1)c1ccc(-c2ccccc2)cc1)[O][Si](c1ccc(-c2ccccc2)cc1)(c1ccc(-c2ccccc2)cc1)c1ccc(-c2ccccc2)cc1. The molecule has 0 bridgehead atoms. The van der Waals surface area contributed by atoms with Crippen LogP contribution in [0.1, 0.15) is 0 Å². The van der Waals surface area contributed by atoms with Crippen molar-refractivity contribution < 1.29 is 28.8 Å². The normalized spacial score (nSPS) is 11.8. The summed E-state index contributed by atoms with van der Waals surface area (Å²) in [6.45, 7) is 0. The molecule has 0 radical (unpaired) electrons. The van der Waals surface area contributed by atoms with Gasteiger partial charge in [-0.05, 0) is 0 Å². The van der Waals surface area contributed by atoms with Gasteiger partial charge in [0, 0.05) is 0 Å². The van der Waals surface area contributed by atoms with Gasteiger partial charge in [-0.25, -0.2) is 0 Å². The monoisotopic (exact) mass is 1580 g/mol. The van der Waals surface area contributed by atoms with E-state index in [1.54, 1.807) is 0 Å². The number of hydrogen-bond acceptors (Lipinski definition) is 4. The van der Waals surface area contributed by atoms with Gasteiger partial charge in [-0.2, -0.15) is 0 Å². The van der Waals surface area contributed by atoms with E-state index in [2.05, 4.69) is 437 Å². The van der Waals surface area contributed by atoms with E-state index in [1.165, 1.54) is 0 Å². The van der Waals surface area contributed by atoms with Crippen LogP contribution in [-0.4, -0.2) is 25.0 Å². The van der Waals surface area contributed by atoms with Gasteiger partial charge in [0.2, 0.25) is 0 Å². The van der Waals surface area contributed by atoms with Gasteiger partial charge >= 0.3 is 692 Å². The summed E-state index contributed by atoms with van der Waals surface area (Å²) in [6.07, 6.45) is 0. The third-order valence-corrected chi connectivity index (χ3v) is 41.1. The van der Waals surface area contributed by atoms with Crippen molar-refractivity contribution in [2.75, 3.05) is 0 Å². The van der Waals surface area contributed by atoms with Gasteiger partial charge in [0.15, 0.2) is 0 Å². The summed E-state index contributed by atoms with van der Waals surface area (Å²) < 4.78 is 47.5. The van der Waals surface area contributed by atoms with Crippen LogP contribution in [0.3, 0.4) is 0 Å². The Balaban J connectivity index is 0.977. The molecule has 18 aromatic rings. The van der Waals surface area contributed by atoms with E-state index in [0.717, 1.165) is 147 Å². The number of rotatable bonds is 24. The van der Waals surface area contributed by atoms with Crippen LogP contribution in [0.25, 0.3) is 100 Å². The molecule has 18 aromatic carbocycles. The van der Waals surface area contributed by atoms with Gasteiger partial charge in [0.25, 0.3) is 0 Å². The molecule has 0 atom stereocenters. The van der Waals surface area contributed by atoms with E-state index >= 15 is 3.67 Å². The fourth-order valence-corrected chi connectivity index (χ4v) is 38.1. The van der Waals surface area contributed by atoms with Gasteiger partial charge in [0.1, 0.15) is 0 Å². The van der Waals surface area contributed by atoms with E-state index in [1.807, 2.05) is 54.6 Å². The molecular formula is C108H81O4Si3V.